The molecule has 0 fully saturated rings. The highest BCUT2D eigenvalue weighted by molar-refractivity contribution is 7.93. The van der Waals surface area contributed by atoms with Gasteiger partial charge in [0.1, 0.15) is 40.1 Å². The molecule has 0 aliphatic heterocycles. The summed E-state index contributed by atoms with van der Waals surface area (Å²) in [5.74, 6) is 1.78. The van der Waals surface area contributed by atoms with Crippen LogP contribution in [0.3, 0.4) is 0 Å². The van der Waals surface area contributed by atoms with E-state index in [4.69, 9.17) is 18.9 Å². The minimum Gasteiger partial charge on any atom is -0.494 e. The van der Waals surface area contributed by atoms with Crippen LogP contribution in [0, 0.1) is 6.92 Å². The van der Waals surface area contributed by atoms with Crippen LogP contribution in [0.5, 0.6) is 17.4 Å². The van der Waals surface area contributed by atoms with Gasteiger partial charge in [0.05, 0.1) is 21.3 Å². The maximum atomic E-state index is 13.7. The fraction of sp³-hybridized carbons (Fsp3) is 0.452. The lowest BCUT2D eigenvalue weighted by Crippen LogP contribution is -2.33. The molecule has 3 aromatic heterocycles. The van der Waals surface area contributed by atoms with E-state index >= 15 is 0 Å². The lowest BCUT2D eigenvalue weighted by Gasteiger charge is -2.23. The predicted octanol–water partition coefficient (Wildman–Crippen LogP) is 6.30. The Kier molecular flexibility index (Phi) is 16.5. The molecule has 13 nitrogen and oxygen atoms in total. The molecule has 2 atom stereocenters. The van der Waals surface area contributed by atoms with Crippen molar-refractivity contribution in [3.8, 4) is 34.6 Å². The second-order valence-electron chi connectivity index (χ2n) is 8.33. The van der Waals surface area contributed by atoms with Crippen LogP contribution < -0.4 is 18.9 Å². The summed E-state index contributed by atoms with van der Waals surface area (Å²) in [4.78, 5) is 12.8. The summed E-state index contributed by atoms with van der Waals surface area (Å²) >= 11 is 0. The van der Waals surface area contributed by atoms with E-state index in [1.54, 1.807) is 43.3 Å². The van der Waals surface area contributed by atoms with Crippen LogP contribution in [0.15, 0.2) is 48.8 Å². The average molecular weight is 648 g/mol. The number of ether oxygens (including phenoxy) is 4. The number of para-hydroxylation sites is 1. The van der Waals surface area contributed by atoms with Crippen molar-refractivity contribution in [3.05, 3.63) is 60.2 Å². The molecular formula is C31H49N7O6S. The Morgan fingerprint density at radius 2 is 1.38 bits per heavy atom. The largest absolute Gasteiger partial charge is 0.494 e. The lowest BCUT2D eigenvalue weighted by molar-refractivity contribution is 0.102. The summed E-state index contributed by atoms with van der Waals surface area (Å²) < 4.78 is 53.4. The van der Waals surface area contributed by atoms with Gasteiger partial charge in [-0.15, -0.1) is 10.2 Å². The highest BCUT2D eigenvalue weighted by atomic mass is 32.2. The predicted molar refractivity (Wildman–Crippen MR) is 179 cm³/mol. The molecule has 0 aliphatic rings. The number of pyridine rings is 1. The highest BCUT2D eigenvalue weighted by Crippen LogP contribution is 2.38. The van der Waals surface area contributed by atoms with Crippen LogP contribution in [0.4, 0.5) is 5.95 Å². The molecule has 0 radical (unpaired) electrons. The van der Waals surface area contributed by atoms with E-state index in [-0.39, 0.29) is 13.2 Å². The highest BCUT2D eigenvalue weighted by Gasteiger charge is 2.34. The van der Waals surface area contributed by atoms with Crippen molar-refractivity contribution >= 4 is 16.0 Å². The first-order valence-corrected chi connectivity index (χ1v) is 16.3. The molecule has 3 heterocycles. The number of rotatable bonds is 11. The molecule has 4 rings (SSSR count). The van der Waals surface area contributed by atoms with Crippen LogP contribution in [-0.2, 0) is 14.8 Å². The van der Waals surface area contributed by atoms with Gasteiger partial charge in [0.25, 0.3) is 0 Å². The zero-order valence-electron chi connectivity index (χ0n) is 28.3. The van der Waals surface area contributed by atoms with Crippen molar-refractivity contribution < 1.29 is 28.8 Å². The van der Waals surface area contributed by atoms with E-state index in [1.807, 2.05) is 41.5 Å². The van der Waals surface area contributed by atoms with Gasteiger partial charge in [-0.1, -0.05) is 53.7 Å². The minimum atomic E-state index is -4.11. The third-order valence-corrected chi connectivity index (χ3v) is 7.68. The van der Waals surface area contributed by atoms with Gasteiger partial charge in [0, 0.05) is 32.6 Å². The van der Waals surface area contributed by atoms with Gasteiger partial charge in [-0.2, -0.15) is 0 Å². The monoisotopic (exact) mass is 647 g/mol. The molecule has 45 heavy (non-hydrogen) atoms. The number of nitrogens with one attached hydrogen (secondary N) is 1. The number of aryl methyl sites for hydroxylation is 1. The van der Waals surface area contributed by atoms with Crippen molar-refractivity contribution in [2.75, 3.05) is 33.2 Å². The zero-order valence-corrected chi connectivity index (χ0v) is 29.1. The second kappa shape index (κ2) is 19.2. The number of benzene rings is 1. The molecule has 0 aliphatic carbocycles. The summed E-state index contributed by atoms with van der Waals surface area (Å²) in [6, 6.07) is 10.3. The number of nitrogens with zero attached hydrogens (tertiary/aromatic N) is 6. The average Bonchev–Trinajstić information content (AvgIpc) is 3.50. The Bertz CT molecular complexity index is 1530. The van der Waals surface area contributed by atoms with Gasteiger partial charge in [-0.3, -0.25) is 9.29 Å². The summed E-state index contributed by atoms with van der Waals surface area (Å²) in [6.45, 7) is 15.3. The van der Waals surface area contributed by atoms with Crippen LogP contribution in [-0.4, -0.2) is 71.8 Å². The van der Waals surface area contributed by atoms with Crippen molar-refractivity contribution in [3.63, 3.8) is 0 Å². The quantitative estimate of drug-likeness (QED) is 0.195. The first-order chi connectivity index (χ1) is 21.7. The molecule has 0 saturated heterocycles. The van der Waals surface area contributed by atoms with Gasteiger partial charge >= 0.3 is 0 Å². The van der Waals surface area contributed by atoms with Crippen molar-refractivity contribution in [1.29, 1.82) is 0 Å². The van der Waals surface area contributed by atoms with Gasteiger partial charge in [0.2, 0.25) is 21.9 Å². The number of hydrogen-bond acceptors (Lipinski definition) is 11. The van der Waals surface area contributed by atoms with Crippen LogP contribution in [0.1, 0.15) is 67.4 Å². The first-order valence-electron chi connectivity index (χ1n) is 14.7. The Hall–Kier alpha value is -4.30. The van der Waals surface area contributed by atoms with Crippen LogP contribution >= 0.6 is 0 Å². The summed E-state index contributed by atoms with van der Waals surface area (Å²) in [5.41, 5.74) is 1.25. The molecule has 4 aromatic rings. The first kappa shape index (κ1) is 38.7. The number of methoxy groups -OCH3 is 4. The zero-order chi connectivity index (χ0) is 34.2. The van der Waals surface area contributed by atoms with Crippen molar-refractivity contribution in [2.24, 2.45) is 0 Å². The smallest absolute Gasteiger partial charge is 0.243 e. The van der Waals surface area contributed by atoms with E-state index in [0.29, 0.717) is 40.1 Å². The van der Waals surface area contributed by atoms with E-state index < -0.39 is 21.4 Å². The lowest BCUT2D eigenvalue weighted by atomic mass is 10.1. The fourth-order valence-corrected chi connectivity index (χ4v) is 5.13. The van der Waals surface area contributed by atoms with E-state index in [1.165, 1.54) is 52.3 Å². The molecular weight excluding hydrogens is 598 g/mol. The molecule has 250 valence electrons. The maximum Gasteiger partial charge on any atom is 0.243 e. The fourth-order valence-electron chi connectivity index (χ4n) is 3.96. The Labute approximate surface area is 268 Å². The number of sulfonamides is 1. The second-order valence-corrected chi connectivity index (χ2v) is 10.4. The third kappa shape index (κ3) is 9.35. The van der Waals surface area contributed by atoms with Crippen molar-refractivity contribution in [1.82, 2.24) is 29.7 Å². The number of hydrogen-bond donors (Lipinski definition) is 1. The minimum absolute atomic E-state index is 0. The molecule has 14 heteroatoms. The number of aromatic nitrogens is 6. The molecule has 1 N–H and O–H groups in total. The van der Waals surface area contributed by atoms with E-state index in [2.05, 4.69) is 29.9 Å². The normalized spacial score (nSPS) is 11.6. The Balaban J connectivity index is 0.00000273. The summed E-state index contributed by atoms with van der Waals surface area (Å²) in [5, 5.41) is 7.38. The Morgan fingerprint density at radius 3 is 1.89 bits per heavy atom. The molecule has 0 saturated carbocycles. The molecule has 0 amide bonds. The van der Waals surface area contributed by atoms with Gasteiger partial charge < -0.3 is 18.9 Å². The topological polar surface area (TPSA) is 152 Å². The van der Waals surface area contributed by atoms with E-state index in [0.717, 1.165) is 0 Å². The summed E-state index contributed by atoms with van der Waals surface area (Å²) in [6.07, 6.45) is 2.22. The maximum absolute atomic E-state index is 13.7. The van der Waals surface area contributed by atoms with E-state index in [9.17, 15) is 8.42 Å². The Morgan fingerprint density at radius 1 is 0.822 bits per heavy atom. The van der Waals surface area contributed by atoms with Gasteiger partial charge in [-0.25, -0.2) is 23.4 Å². The standard InChI is InChI=1S/C25H29N7O6S.3C2H6.H2/c1-15(23(38-6)17-13-26-16(2)27-14-17)39(33,34)31-25-30-29-24(18-9-7-12-21(28-18)37-5)32(25)22-19(35-3)10-8-11-20(22)36-4;3*1-2;/h7-15,23H,1-6H3,(H,30,31);3*1-2H3;1H/t15-,23-;;;;/m0..../s1. The SMILES string of the molecule is CC.CC.CC.COc1cccc(-c2nnc(NS(=O)(=O)[C@@H](C)[C@H](OC)c3cnc(C)nc3)n2-c2c(OC)cccc2OC)n1.[HH]. The number of anilines is 1. The van der Waals surface area contributed by atoms with Crippen molar-refractivity contribution in [2.45, 2.75) is 66.7 Å². The van der Waals surface area contributed by atoms with Gasteiger partial charge in [-0.05, 0) is 32.0 Å². The molecule has 0 spiro atoms. The van der Waals surface area contributed by atoms with Gasteiger partial charge in [0.15, 0.2) is 5.82 Å². The molecule has 0 bridgehead atoms. The molecule has 1 aromatic carbocycles. The van der Waals surface area contributed by atoms with Crippen LogP contribution in [0.25, 0.3) is 17.2 Å². The molecule has 0 unspecified atom stereocenters. The third-order valence-electron chi connectivity index (χ3n) is 5.98. The summed E-state index contributed by atoms with van der Waals surface area (Å²) in [7, 11) is 1.78. The van der Waals surface area contributed by atoms with Crippen LogP contribution in [0.2, 0.25) is 0 Å².